The molecule has 1 fully saturated rings. The summed E-state index contributed by atoms with van der Waals surface area (Å²) >= 11 is 3.35. The molecule has 0 saturated heterocycles. The van der Waals surface area contributed by atoms with E-state index in [1.165, 1.54) is 0 Å². The third-order valence-electron chi connectivity index (χ3n) is 3.86. The van der Waals surface area contributed by atoms with Gasteiger partial charge < -0.3 is 9.47 Å². The smallest absolute Gasteiger partial charge is 0.206 e. The maximum absolute atomic E-state index is 5.89. The van der Waals surface area contributed by atoms with Gasteiger partial charge in [-0.1, -0.05) is 0 Å². The van der Waals surface area contributed by atoms with Crippen molar-refractivity contribution in [1.82, 2.24) is 19.6 Å². The average molecular weight is 341 g/mol. The fraction of sp³-hybridized carbons (Fsp3) is 0.615. The summed E-state index contributed by atoms with van der Waals surface area (Å²) in [6.07, 6.45) is 8.24. The largest absolute Gasteiger partial charge is 0.488 e. The lowest BCUT2D eigenvalue weighted by molar-refractivity contribution is 0.0482. The standard InChI is InChI=1S/C13H17BrN4O2/c1-19-10-4-2-9(3-5-10)7-20-11-6-15-13(14)18-8-16-17-12(11)18/h6,8-10H,2-5,7H2,1H3. The van der Waals surface area contributed by atoms with Crippen LogP contribution in [0.1, 0.15) is 25.7 Å². The Morgan fingerprint density at radius 2 is 2.15 bits per heavy atom. The van der Waals surface area contributed by atoms with Gasteiger partial charge in [-0.25, -0.2) is 4.98 Å². The molecule has 2 aromatic heterocycles. The van der Waals surface area contributed by atoms with Crippen LogP contribution in [0, 0.1) is 5.92 Å². The SMILES string of the molecule is COC1CCC(COc2cnc(Br)n3cnnc23)CC1. The maximum Gasteiger partial charge on any atom is 0.206 e. The van der Waals surface area contributed by atoms with Gasteiger partial charge in [0.1, 0.15) is 6.33 Å². The Balaban J connectivity index is 1.63. The predicted octanol–water partition coefficient (Wildman–Crippen LogP) is 2.47. The normalized spacial score (nSPS) is 23.1. The fourth-order valence-electron chi connectivity index (χ4n) is 2.61. The van der Waals surface area contributed by atoms with Crippen LogP contribution in [-0.2, 0) is 4.74 Å². The Kier molecular flexibility index (Phi) is 4.16. The van der Waals surface area contributed by atoms with Gasteiger partial charge in [0.15, 0.2) is 10.5 Å². The summed E-state index contributed by atoms with van der Waals surface area (Å²) in [7, 11) is 1.79. The number of halogens is 1. The first kappa shape index (κ1) is 13.8. The van der Waals surface area contributed by atoms with Crippen LogP contribution in [0.15, 0.2) is 17.3 Å². The van der Waals surface area contributed by atoms with Crippen molar-refractivity contribution < 1.29 is 9.47 Å². The van der Waals surface area contributed by atoms with Crippen LogP contribution in [0.3, 0.4) is 0 Å². The summed E-state index contributed by atoms with van der Waals surface area (Å²) in [6.45, 7) is 0.697. The summed E-state index contributed by atoms with van der Waals surface area (Å²) in [5.41, 5.74) is 0.692. The van der Waals surface area contributed by atoms with Crippen LogP contribution in [-0.4, -0.2) is 39.4 Å². The molecule has 0 unspecified atom stereocenters. The van der Waals surface area contributed by atoms with Gasteiger partial charge >= 0.3 is 0 Å². The minimum absolute atomic E-state index is 0.420. The Morgan fingerprint density at radius 3 is 2.90 bits per heavy atom. The van der Waals surface area contributed by atoms with E-state index < -0.39 is 0 Å². The fourth-order valence-corrected chi connectivity index (χ4v) is 2.98. The van der Waals surface area contributed by atoms with E-state index in [1.807, 2.05) is 0 Å². The molecular formula is C13H17BrN4O2. The summed E-state index contributed by atoms with van der Waals surface area (Å²) in [5, 5.41) is 7.95. The molecule has 2 aromatic rings. The van der Waals surface area contributed by atoms with Crippen LogP contribution in [0.5, 0.6) is 5.75 Å². The second kappa shape index (κ2) is 6.05. The molecule has 20 heavy (non-hydrogen) atoms. The van der Waals surface area contributed by atoms with E-state index >= 15 is 0 Å². The topological polar surface area (TPSA) is 61.5 Å². The molecule has 1 aliphatic carbocycles. The molecule has 0 atom stereocenters. The summed E-state index contributed by atoms with van der Waals surface area (Å²) < 4.78 is 13.7. The van der Waals surface area contributed by atoms with Crippen LogP contribution in [0.25, 0.3) is 5.65 Å². The minimum atomic E-state index is 0.420. The highest BCUT2D eigenvalue weighted by molar-refractivity contribution is 9.10. The molecule has 0 aliphatic heterocycles. The van der Waals surface area contributed by atoms with Gasteiger partial charge in [-0.15, -0.1) is 10.2 Å². The molecular weight excluding hydrogens is 324 g/mol. The van der Waals surface area contributed by atoms with Crippen LogP contribution in [0.2, 0.25) is 0 Å². The monoisotopic (exact) mass is 340 g/mol. The van der Waals surface area contributed by atoms with Crippen LogP contribution >= 0.6 is 15.9 Å². The quantitative estimate of drug-likeness (QED) is 0.800. The lowest BCUT2D eigenvalue weighted by atomic mass is 9.88. The van der Waals surface area contributed by atoms with Crippen molar-refractivity contribution in [2.75, 3.05) is 13.7 Å². The Labute approximate surface area is 125 Å². The molecule has 7 heteroatoms. The summed E-state index contributed by atoms with van der Waals surface area (Å²) in [5.74, 6) is 1.26. The van der Waals surface area contributed by atoms with Gasteiger partial charge in [0.05, 0.1) is 18.9 Å². The van der Waals surface area contributed by atoms with E-state index in [4.69, 9.17) is 9.47 Å². The van der Waals surface area contributed by atoms with Gasteiger partial charge in [0.2, 0.25) is 5.65 Å². The molecule has 108 valence electrons. The highest BCUT2D eigenvalue weighted by atomic mass is 79.9. The third kappa shape index (κ3) is 2.78. The van der Waals surface area contributed by atoms with Gasteiger partial charge in [-0.05, 0) is 47.5 Å². The lowest BCUT2D eigenvalue weighted by Gasteiger charge is -2.27. The molecule has 1 aliphatic rings. The number of rotatable bonds is 4. The van der Waals surface area contributed by atoms with Crippen molar-refractivity contribution in [1.29, 1.82) is 0 Å². The van der Waals surface area contributed by atoms with Crippen molar-refractivity contribution in [3.63, 3.8) is 0 Å². The molecule has 0 aromatic carbocycles. The molecule has 3 rings (SSSR count). The molecule has 6 nitrogen and oxygen atoms in total. The van der Waals surface area contributed by atoms with Crippen molar-refractivity contribution in [3.8, 4) is 5.75 Å². The Morgan fingerprint density at radius 1 is 1.35 bits per heavy atom. The predicted molar refractivity (Wildman–Crippen MR) is 76.7 cm³/mol. The number of aromatic nitrogens is 4. The Bertz CT molecular complexity index is 581. The van der Waals surface area contributed by atoms with E-state index in [9.17, 15) is 0 Å². The highest BCUT2D eigenvalue weighted by Gasteiger charge is 2.21. The van der Waals surface area contributed by atoms with Crippen molar-refractivity contribution in [2.24, 2.45) is 5.92 Å². The third-order valence-corrected chi connectivity index (χ3v) is 4.44. The molecule has 0 amide bonds. The van der Waals surface area contributed by atoms with Crippen LogP contribution < -0.4 is 4.74 Å². The van der Waals surface area contributed by atoms with Gasteiger partial charge in [0, 0.05) is 7.11 Å². The van der Waals surface area contributed by atoms with Crippen LogP contribution in [0.4, 0.5) is 0 Å². The number of hydrogen-bond donors (Lipinski definition) is 0. The molecule has 2 heterocycles. The second-order valence-electron chi connectivity index (χ2n) is 5.11. The van der Waals surface area contributed by atoms with Gasteiger partial charge in [-0.3, -0.25) is 4.40 Å². The zero-order valence-electron chi connectivity index (χ0n) is 11.3. The number of nitrogens with zero attached hydrogens (tertiary/aromatic N) is 4. The number of fused-ring (bicyclic) bond motifs is 1. The van der Waals surface area contributed by atoms with Crippen molar-refractivity contribution in [2.45, 2.75) is 31.8 Å². The van der Waals surface area contributed by atoms with E-state index in [-0.39, 0.29) is 0 Å². The van der Waals surface area contributed by atoms with Gasteiger partial charge in [-0.2, -0.15) is 0 Å². The van der Waals surface area contributed by atoms with Crippen molar-refractivity contribution >= 4 is 21.6 Å². The van der Waals surface area contributed by atoms with Gasteiger partial charge in [0.25, 0.3) is 0 Å². The van der Waals surface area contributed by atoms with E-state index in [0.717, 1.165) is 25.7 Å². The molecule has 0 N–H and O–H groups in total. The molecule has 1 saturated carbocycles. The maximum atomic E-state index is 5.89. The molecule has 0 spiro atoms. The summed E-state index contributed by atoms with van der Waals surface area (Å²) in [6, 6.07) is 0. The first-order chi connectivity index (χ1) is 9.78. The van der Waals surface area contributed by atoms with E-state index in [2.05, 4.69) is 31.1 Å². The number of methoxy groups -OCH3 is 1. The minimum Gasteiger partial charge on any atom is -0.488 e. The zero-order valence-corrected chi connectivity index (χ0v) is 12.9. The zero-order chi connectivity index (χ0) is 13.9. The van der Waals surface area contributed by atoms with E-state index in [0.29, 0.717) is 34.8 Å². The lowest BCUT2D eigenvalue weighted by Crippen LogP contribution is -2.24. The Hall–Kier alpha value is -1.21. The first-order valence-corrected chi connectivity index (χ1v) is 7.57. The number of hydrogen-bond acceptors (Lipinski definition) is 5. The summed E-state index contributed by atoms with van der Waals surface area (Å²) in [4.78, 5) is 4.22. The number of ether oxygens (including phenoxy) is 2. The first-order valence-electron chi connectivity index (χ1n) is 6.77. The average Bonchev–Trinajstić information content (AvgIpc) is 2.98. The van der Waals surface area contributed by atoms with Crippen molar-refractivity contribution in [3.05, 3.63) is 17.3 Å². The molecule has 0 radical (unpaired) electrons. The molecule has 0 bridgehead atoms. The van der Waals surface area contributed by atoms with E-state index in [1.54, 1.807) is 24.0 Å². The second-order valence-corrected chi connectivity index (χ2v) is 5.81. The highest BCUT2D eigenvalue weighted by Crippen LogP contribution is 2.27.